The number of hydrogen-bond acceptors (Lipinski definition) is 0. The summed E-state index contributed by atoms with van der Waals surface area (Å²) in [6, 6.07) is 8.71. The molecule has 0 nitrogen and oxygen atoms in total. The zero-order valence-corrected chi connectivity index (χ0v) is 10.8. The molecule has 0 aliphatic carbocycles. The molecule has 0 aliphatic rings. The molecule has 1 aromatic rings. The van der Waals surface area contributed by atoms with Crippen LogP contribution in [0, 0.1) is 0 Å². The van der Waals surface area contributed by atoms with Crippen molar-refractivity contribution in [2.24, 2.45) is 0 Å². The smallest absolute Gasteiger partial charge is 0.00719 e. The third-order valence-corrected chi connectivity index (χ3v) is 3.02. The third kappa shape index (κ3) is 3.82. The van der Waals surface area contributed by atoms with Crippen LogP contribution in [0.5, 0.6) is 0 Å². The minimum atomic E-state index is 1.05. The first-order valence-corrected chi connectivity index (χ1v) is 6.81. The van der Waals surface area contributed by atoms with Gasteiger partial charge in [0.25, 0.3) is 0 Å². The zero-order valence-electron chi connectivity index (χ0n) is 7.60. The Kier molecular flexibility index (Phi) is 5.72. The van der Waals surface area contributed by atoms with Gasteiger partial charge in [-0.25, -0.2) is 0 Å². The second kappa shape index (κ2) is 6.61. The van der Waals surface area contributed by atoms with Crippen molar-refractivity contribution in [2.75, 3.05) is 10.7 Å². The predicted molar refractivity (Wildman–Crippen MR) is 66.1 cm³/mol. The van der Waals surface area contributed by atoms with Gasteiger partial charge in [-0.05, 0) is 30.4 Å². The van der Waals surface area contributed by atoms with Crippen molar-refractivity contribution in [3.8, 4) is 0 Å². The average molecular weight is 306 g/mol. The van der Waals surface area contributed by atoms with E-state index in [2.05, 4.69) is 56.1 Å². The van der Waals surface area contributed by atoms with E-state index in [1.807, 2.05) is 0 Å². The fourth-order valence-electron chi connectivity index (χ4n) is 1.40. The van der Waals surface area contributed by atoms with Crippen molar-refractivity contribution >= 4 is 31.9 Å². The van der Waals surface area contributed by atoms with E-state index in [1.165, 1.54) is 24.0 Å². The molecule has 72 valence electrons. The minimum Gasteiger partial charge on any atom is -0.0928 e. The van der Waals surface area contributed by atoms with Crippen LogP contribution in [0.4, 0.5) is 0 Å². The van der Waals surface area contributed by atoms with Crippen LogP contribution in [0.1, 0.15) is 17.5 Å². The molecule has 0 saturated heterocycles. The molecule has 0 saturated carbocycles. The highest BCUT2D eigenvalue weighted by molar-refractivity contribution is 9.09. The van der Waals surface area contributed by atoms with Gasteiger partial charge in [0.1, 0.15) is 0 Å². The van der Waals surface area contributed by atoms with Crippen molar-refractivity contribution in [3.63, 3.8) is 0 Å². The fourth-order valence-corrected chi connectivity index (χ4v) is 2.11. The largest absolute Gasteiger partial charge is 0.0928 e. The molecule has 0 aromatic heterocycles. The van der Waals surface area contributed by atoms with Crippen LogP contribution in [0.3, 0.4) is 0 Å². The van der Waals surface area contributed by atoms with Crippen LogP contribution in [0.15, 0.2) is 24.3 Å². The summed E-state index contributed by atoms with van der Waals surface area (Å²) in [5.41, 5.74) is 2.99. The van der Waals surface area contributed by atoms with Crippen LogP contribution < -0.4 is 0 Å². The van der Waals surface area contributed by atoms with E-state index >= 15 is 0 Å². The number of benzene rings is 1. The maximum atomic E-state index is 3.48. The van der Waals surface area contributed by atoms with E-state index in [1.54, 1.807) is 0 Å². The number of rotatable bonds is 5. The SMILES string of the molecule is BrCCCc1ccccc1CCBr. The Balaban J connectivity index is 2.66. The highest BCUT2D eigenvalue weighted by atomic mass is 79.9. The van der Waals surface area contributed by atoms with Crippen molar-refractivity contribution in [1.29, 1.82) is 0 Å². The van der Waals surface area contributed by atoms with E-state index in [0.717, 1.165) is 17.1 Å². The second-order valence-corrected chi connectivity index (χ2v) is 4.59. The van der Waals surface area contributed by atoms with Gasteiger partial charge in [0.15, 0.2) is 0 Å². The summed E-state index contributed by atoms with van der Waals surface area (Å²) in [7, 11) is 0. The molecule has 0 heterocycles. The Bertz CT molecular complexity index is 246. The minimum absolute atomic E-state index is 1.05. The molecule has 0 bridgehead atoms. The number of hydrogen-bond donors (Lipinski definition) is 0. The molecule has 0 fully saturated rings. The molecule has 0 radical (unpaired) electrons. The lowest BCUT2D eigenvalue weighted by molar-refractivity contribution is 0.916. The Morgan fingerprint density at radius 2 is 1.46 bits per heavy atom. The molecule has 0 N–H and O–H groups in total. The predicted octanol–water partition coefficient (Wildman–Crippen LogP) is 3.95. The van der Waals surface area contributed by atoms with Gasteiger partial charge < -0.3 is 0 Å². The van der Waals surface area contributed by atoms with Crippen molar-refractivity contribution in [1.82, 2.24) is 0 Å². The van der Waals surface area contributed by atoms with Gasteiger partial charge in [0.05, 0.1) is 0 Å². The standard InChI is InChI=1S/C11H14Br2/c12-8-3-6-10-4-1-2-5-11(10)7-9-13/h1-2,4-5H,3,6-9H2. The molecule has 0 unspecified atom stereocenters. The van der Waals surface area contributed by atoms with Crippen LogP contribution in [-0.4, -0.2) is 10.7 Å². The highest BCUT2D eigenvalue weighted by Gasteiger charge is 1.99. The number of halogens is 2. The fraction of sp³-hybridized carbons (Fsp3) is 0.455. The molecule has 0 amide bonds. The summed E-state index contributed by atoms with van der Waals surface area (Å²) in [6.07, 6.45) is 3.55. The van der Waals surface area contributed by atoms with E-state index < -0.39 is 0 Å². The Labute approximate surface area is 97.0 Å². The van der Waals surface area contributed by atoms with Gasteiger partial charge in [-0.15, -0.1) is 0 Å². The molecule has 0 atom stereocenters. The normalized spacial score (nSPS) is 10.3. The van der Waals surface area contributed by atoms with E-state index in [0.29, 0.717) is 0 Å². The van der Waals surface area contributed by atoms with Crippen LogP contribution in [0.25, 0.3) is 0 Å². The van der Waals surface area contributed by atoms with Crippen molar-refractivity contribution in [3.05, 3.63) is 35.4 Å². The topological polar surface area (TPSA) is 0 Å². The summed E-state index contributed by atoms with van der Waals surface area (Å²) in [5.74, 6) is 0. The highest BCUT2D eigenvalue weighted by Crippen LogP contribution is 2.13. The summed E-state index contributed by atoms with van der Waals surface area (Å²) in [6.45, 7) is 0. The van der Waals surface area contributed by atoms with E-state index in [9.17, 15) is 0 Å². The van der Waals surface area contributed by atoms with Gasteiger partial charge in [-0.3, -0.25) is 0 Å². The van der Waals surface area contributed by atoms with Crippen LogP contribution in [0.2, 0.25) is 0 Å². The average Bonchev–Trinajstić information content (AvgIpc) is 2.17. The van der Waals surface area contributed by atoms with Crippen molar-refractivity contribution < 1.29 is 0 Å². The first-order chi connectivity index (χ1) is 6.38. The van der Waals surface area contributed by atoms with Gasteiger partial charge in [-0.2, -0.15) is 0 Å². The van der Waals surface area contributed by atoms with Crippen molar-refractivity contribution in [2.45, 2.75) is 19.3 Å². The first kappa shape index (κ1) is 11.3. The van der Waals surface area contributed by atoms with E-state index in [4.69, 9.17) is 0 Å². The van der Waals surface area contributed by atoms with Gasteiger partial charge in [-0.1, -0.05) is 56.1 Å². The lowest BCUT2D eigenvalue weighted by Gasteiger charge is -2.06. The van der Waals surface area contributed by atoms with Crippen LogP contribution in [-0.2, 0) is 12.8 Å². The summed E-state index contributed by atoms with van der Waals surface area (Å²) in [5, 5.41) is 2.15. The number of aryl methyl sites for hydroxylation is 2. The first-order valence-electron chi connectivity index (χ1n) is 4.57. The maximum Gasteiger partial charge on any atom is 0.00719 e. The maximum absolute atomic E-state index is 3.48. The monoisotopic (exact) mass is 304 g/mol. The summed E-state index contributed by atoms with van der Waals surface area (Å²) >= 11 is 6.94. The molecule has 1 rings (SSSR count). The quantitative estimate of drug-likeness (QED) is 0.723. The molecule has 0 spiro atoms. The molecular formula is C11H14Br2. The summed E-state index contributed by atoms with van der Waals surface area (Å²) in [4.78, 5) is 0. The Hall–Kier alpha value is 0.180. The third-order valence-electron chi connectivity index (χ3n) is 2.06. The summed E-state index contributed by atoms with van der Waals surface area (Å²) < 4.78 is 0. The molecule has 1 aromatic carbocycles. The zero-order chi connectivity index (χ0) is 9.52. The van der Waals surface area contributed by atoms with Gasteiger partial charge in [0.2, 0.25) is 0 Å². The lowest BCUT2D eigenvalue weighted by atomic mass is 10.0. The molecular weight excluding hydrogens is 292 g/mol. The molecule has 0 aliphatic heterocycles. The number of alkyl halides is 2. The molecule has 2 heteroatoms. The second-order valence-electron chi connectivity index (χ2n) is 3.00. The van der Waals surface area contributed by atoms with E-state index in [-0.39, 0.29) is 0 Å². The van der Waals surface area contributed by atoms with Crippen LogP contribution >= 0.6 is 31.9 Å². The van der Waals surface area contributed by atoms with Gasteiger partial charge in [0, 0.05) is 10.7 Å². The Morgan fingerprint density at radius 3 is 2.00 bits per heavy atom. The van der Waals surface area contributed by atoms with Gasteiger partial charge >= 0.3 is 0 Å². The molecule has 13 heavy (non-hydrogen) atoms. The lowest BCUT2D eigenvalue weighted by Crippen LogP contribution is -1.95. The Morgan fingerprint density at radius 1 is 0.846 bits per heavy atom.